The third kappa shape index (κ3) is 3.67. The number of nitrogens with zero attached hydrogens (tertiary/aromatic N) is 3. The van der Waals surface area contributed by atoms with Crippen molar-refractivity contribution in [2.75, 3.05) is 12.0 Å². The van der Waals surface area contributed by atoms with Gasteiger partial charge in [-0.05, 0) is 50.8 Å². The molecule has 2 aliphatic rings. The maximum atomic E-state index is 13.8. The van der Waals surface area contributed by atoms with Gasteiger partial charge in [-0.2, -0.15) is 5.10 Å². The number of nitrogens with one attached hydrogen (secondary N) is 1. The van der Waals surface area contributed by atoms with E-state index < -0.39 is 11.5 Å². The topological polar surface area (TPSA) is 93.5 Å². The summed E-state index contributed by atoms with van der Waals surface area (Å²) in [4.78, 5) is 41.1. The number of rotatable bonds is 4. The molecule has 8 heteroatoms. The van der Waals surface area contributed by atoms with E-state index in [-0.39, 0.29) is 35.8 Å². The summed E-state index contributed by atoms with van der Waals surface area (Å²) in [6.45, 7) is 5.83. The van der Waals surface area contributed by atoms with Crippen molar-refractivity contribution in [1.29, 1.82) is 0 Å². The average molecular weight is 439 g/mol. The van der Waals surface area contributed by atoms with Crippen LogP contribution in [0.25, 0.3) is 0 Å². The van der Waals surface area contributed by atoms with E-state index in [4.69, 9.17) is 4.74 Å². The van der Waals surface area contributed by atoms with Gasteiger partial charge in [-0.25, -0.2) is 4.79 Å². The first-order valence-corrected chi connectivity index (χ1v) is 11.1. The molecule has 0 bridgehead atoms. The fraction of sp³-hybridized carbons (Fsp3) is 0.500. The maximum Gasteiger partial charge on any atom is 0.358 e. The standard InChI is InChI=1S/C24H30N4O4/c1-15-9-8-12-19(16(15)2)28-21(29)20-13-18(22(30)32-4)26-27(20)14-24(28,3)23(31)25-17-10-6-5-7-11-17/h8-9,12-13,17H,5-7,10-11,14H2,1-4H3,(H,25,31)/t24-/m0/s1. The Labute approximate surface area is 187 Å². The first-order chi connectivity index (χ1) is 15.3. The molecule has 0 radical (unpaired) electrons. The highest BCUT2D eigenvalue weighted by atomic mass is 16.5. The van der Waals surface area contributed by atoms with Crippen LogP contribution in [-0.2, 0) is 16.1 Å². The fourth-order valence-corrected chi connectivity index (χ4v) is 4.73. The van der Waals surface area contributed by atoms with E-state index in [9.17, 15) is 14.4 Å². The summed E-state index contributed by atoms with van der Waals surface area (Å²) in [6, 6.07) is 7.26. The molecule has 32 heavy (non-hydrogen) atoms. The van der Waals surface area contributed by atoms with E-state index in [1.165, 1.54) is 24.3 Å². The van der Waals surface area contributed by atoms with E-state index >= 15 is 0 Å². The zero-order valence-electron chi connectivity index (χ0n) is 19.1. The van der Waals surface area contributed by atoms with E-state index in [1.54, 1.807) is 11.8 Å². The Kier molecular flexibility index (Phi) is 5.79. The Hall–Kier alpha value is -3.16. The van der Waals surface area contributed by atoms with Crippen molar-refractivity contribution in [3.05, 3.63) is 46.8 Å². The van der Waals surface area contributed by atoms with Crippen molar-refractivity contribution < 1.29 is 19.1 Å². The van der Waals surface area contributed by atoms with Gasteiger partial charge in [0.05, 0.1) is 13.7 Å². The third-order valence-electron chi connectivity index (χ3n) is 6.79. The molecule has 0 unspecified atom stereocenters. The van der Waals surface area contributed by atoms with Gasteiger partial charge in [0.1, 0.15) is 11.2 Å². The van der Waals surface area contributed by atoms with Crippen molar-refractivity contribution in [3.8, 4) is 0 Å². The average Bonchev–Trinajstić information content (AvgIpc) is 3.20. The van der Waals surface area contributed by atoms with Crippen LogP contribution in [-0.4, -0.2) is 46.3 Å². The molecule has 1 fully saturated rings. The number of carbonyl (C=O) groups is 3. The predicted octanol–water partition coefficient (Wildman–Crippen LogP) is 3.15. The number of anilines is 1. The molecular formula is C24H30N4O4. The minimum atomic E-state index is -1.21. The van der Waals surface area contributed by atoms with E-state index in [0.717, 1.165) is 36.8 Å². The van der Waals surface area contributed by atoms with Gasteiger partial charge in [-0.15, -0.1) is 0 Å². The second-order valence-corrected chi connectivity index (χ2v) is 9.01. The molecular weight excluding hydrogens is 408 g/mol. The van der Waals surface area contributed by atoms with Crippen molar-refractivity contribution in [2.45, 2.75) is 71.0 Å². The molecule has 1 aromatic heterocycles. The number of benzene rings is 1. The third-order valence-corrected chi connectivity index (χ3v) is 6.79. The van der Waals surface area contributed by atoms with Crippen LogP contribution in [0.2, 0.25) is 0 Å². The molecule has 2 heterocycles. The summed E-state index contributed by atoms with van der Waals surface area (Å²) in [7, 11) is 1.27. The Morgan fingerprint density at radius 3 is 2.59 bits per heavy atom. The lowest BCUT2D eigenvalue weighted by atomic mass is 9.90. The molecule has 1 aliphatic carbocycles. The number of hydrogen-bond donors (Lipinski definition) is 1. The van der Waals surface area contributed by atoms with Crippen molar-refractivity contribution >= 4 is 23.5 Å². The monoisotopic (exact) mass is 438 g/mol. The van der Waals surface area contributed by atoms with Crippen LogP contribution >= 0.6 is 0 Å². The van der Waals surface area contributed by atoms with Gasteiger partial charge in [0.15, 0.2) is 5.69 Å². The fourth-order valence-electron chi connectivity index (χ4n) is 4.73. The summed E-state index contributed by atoms with van der Waals surface area (Å²) in [5, 5.41) is 7.47. The normalized spacial score (nSPS) is 21.2. The zero-order chi connectivity index (χ0) is 23.0. The molecule has 170 valence electrons. The molecule has 1 saturated carbocycles. The maximum absolute atomic E-state index is 13.8. The second-order valence-electron chi connectivity index (χ2n) is 9.01. The van der Waals surface area contributed by atoms with Gasteiger partial charge in [0, 0.05) is 17.8 Å². The minimum Gasteiger partial charge on any atom is -0.464 e. The van der Waals surface area contributed by atoms with Crippen molar-refractivity contribution in [2.24, 2.45) is 0 Å². The first kappa shape index (κ1) is 22.0. The summed E-state index contributed by atoms with van der Waals surface area (Å²) < 4.78 is 6.23. The lowest BCUT2D eigenvalue weighted by molar-refractivity contribution is -0.127. The lowest BCUT2D eigenvalue weighted by Crippen LogP contribution is -2.65. The highest BCUT2D eigenvalue weighted by Crippen LogP contribution is 2.36. The number of ether oxygens (including phenoxy) is 1. The van der Waals surface area contributed by atoms with Crippen molar-refractivity contribution in [3.63, 3.8) is 0 Å². The van der Waals surface area contributed by atoms with Gasteiger partial charge in [0.25, 0.3) is 5.91 Å². The number of aromatic nitrogens is 2. The van der Waals surface area contributed by atoms with Gasteiger partial charge >= 0.3 is 5.97 Å². The molecule has 2 amide bonds. The Bertz CT molecular complexity index is 1070. The zero-order valence-corrected chi connectivity index (χ0v) is 19.1. The molecule has 1 aromatic carbocycles. The number of methoxy groups -OCH3 is 1. The lowest BCUT2D eigenvalue weighted by Gasteiger charge is -2.44. The number of fused-ring (bicyclic) bond motifs is 1. The molecule has 1 aliphatic heterocycles. The summed E-state index contributed by atoms with van der Waals surface area (Å²) in [6.07, 6.45) is 5.25. The van der Waals surface area contributed by atoms with Gasteiger partial charge in [-0.1, -0.05) is 31.4 Å². The number of hydrogen-bond acceptors (Lipinski definition) is 5. The molecule has 0 spiro atoms. The van der Waals surface area contributed by atoms with Crippen LogP contribution < -0.4 is 10.2 Å². The number of carbonyl (C=O) groups excluding carboxylic acids is 3. The molecule has 1 N–H and O–H groups in total. The van der Waals surface area contributed by atoms with Crippen LogP contribution in [0.3, 0.4) is 0 Å². The Morgan fingerprint density at radius 2 is 1.91 bits per heavy atom. The quantitative estimate of drug-likeness (QED) is 0.740. The number of amides is 2. The van der Waals surface area contributed by atoms with Crippen LogP contribution in [0, 0.1) is 13.8 Å². The van der Waals surface area contributed by atoms with Gasteiger partial charge < -0.3 is 10.1 Å². The summed E-state index contributed by atoms with van der Waals surface area (Å²) in [5.41, 5.74) is 1.74. The molecule has 1 atom stereocenters. The largest absolute Gasteiger partial charge is 0.464 e. The van der Waals surface area contributed by atoms with Gasteiger partial charge in [-0.3, -0.25) is 19.2 Å². The van der Waals surface area contributed by atoms with E-state index in [2.05, 4.69) is 10.4 Å². The van der Waals surface area contributed by atoms with Crippen LogP contribution in [0.5, 0.6) is 0 Å². The van der Waals surface area contributed by atoms with E-state index in [0.29, 0.717) is 5.69 Å². The smallest absolute Gasteiger partial charge is 0.358 e. The Balaban J connectivity index is 1.80. The number of esters is 1. The van der Waals surface area contributed by atoms with Crippen molar-refractivity contribution in [1.82, 2.24) is 15.1 Å². The Morgan fingerprint density at radius 1 is 1.19 bits per heavy atom. The van der Waals surface area contributed by atoms with Crippen LogP contribution in [0.15, 0.2) is 24.3 Å². The number of aryl methyl sites for hydroxylation is 1. The molecule has 0 saturated heterocycles. The highest BCUT2D eigenvalue weighted by molar-refractivity contribution is 6.12. The SMILES string of the molecule is COC(=O)c1cc2n(n1)C[C@@](C)(C(=O)NC1CCCCC1)N(c1cccc(C)c1C)C2=O. The molecule has 2 aromatic rings. The predicted molar refractivity (Wildman–Crippen MR) is 120 cm³/mol. The van der Waals surface area contributed by atoms with Gasteiger partial charge in [0.2, 0.25) is 5.91 Å². The van der Waals surface area contributed by atoms with E-state index in [1.807, 2.05) is 32.0 Å². The van der Waals surface area contributed by atoms with Crippen LogP contribution in [0.1, 0.15) is 71.1 Å². The summed E-state index contributed by atoms with van der Waals surface area (Å²) in [5.74, 6) is -1.19. The highest BCUT2D eigenvalue weighted by Gasteiger charge is 2.50. The molecule has 4 rings (SSSR count). The van der Waals surface area contributed by atoms with Crippen LogP contribution in [0.4, 0.5) is 5.69 Å². The molecule has 8 nitrogen and oxygen atoms in total. The minimum absolute atomic E-state index is 0.0497. The summed E-state index contributed by atoms with van der Waals surface area (Å²) >= 11 is 0. The second kappa shape index (κ2) is 8.41. The first-order valence-electron chi connectivity index (χ1n) is 11.1.